The van der Waals surface area contributed by atoms with E-state index in [1.807, 2.05) is 56.3 Å². The van der Waals surface area contributed by atoms with E-state index in [1.54, 1.807) is 14.0 Å². The first-order valence-electron chi connectivity index (χ1n) is 15.7. The van der Waals surface area contributed by atoms with Crippen LogP contribution in [-0.2, 0) is 14.4 Å². The molecule has 0 radical (unpaired) electrons. The minimum Gasteiger partial charge on any atom is -0.454 e. The molecule has 1 aliphatic carbocycles. The van der Waals surface area contributed by atoms with Gasteiger partial charge in [0.25, 0.3) is 0 Å². The van der Waals surface area contributed by atoms with Crippen LogP contribution in [0.5, 0.6) is 11.5 Å². The maximum absolute atomic E-state index is 14.3. The molecule has 1 saturated heterocycles. The number of carbonyl (C=O) groups excluding carboxylic acids is 3. The van der Waals surface area contributed by atoms with Gasteiger partial charge < -0.3 is 24.6 Å². The summed E-state index contributed by atoms with van der Waals surface area (Å²) in [6.45, 7) is 8.62. The molecular weight excluding hydrogens is 544 g/mol. The van der Waals surface area contributed by atoms with Crippen molar-refractivity contribution in [3.63, 3.8) is 0 Å². The second kappa shape index (κ2) is 12.9. The minimum atomic E-state index is -0.675. The highest BCUT2D eigenvalue weighted by Crippen LogP contribution is 2.39. The Morgan fingerprint density at radius 2 is 1.74 bits per heavy atom. The van der Waals surface area contributed by atoms with Crippen molar-refractivity contribution < 1.29 is 23.9 Å². The van der Waals surface area contributed by atoms with E-state index < -0.39 is 12.1 Å². The Hall–Kier alpha value is -3.62. The van der Waals surface area contributed by atoms with Gasteiger partial charge in [-0.25, -0.2) is 0 Å². The molecule has 0 unspecified atom stereocenters. The van der Waals surface area contributed by atoms with Gasteiger partial charge in [-0.2, -0.15) is 0 Å². The second-order valence-corrected chi connectivity index (χ2v) is 13.6. The van der Waals surface area contributed by atoms with Crippen LogP contribution in [0.1, 0.15) is 90.7 Å². The van der Waals surface area contributed by atoms with Crippen LogP contribution in [0.25, 0.3) is 11.1 Å². The standard InChI is InChI=1S/C34H46N4O5/c1-22(37(5)30(39)18-34(2,3)4)32(40)36-31(23-10-7-6-8-11-23)33(41)38-15-9-12-27(38)26-16-25(19-35-20-26)24-13-14-28-29(17-24)43-21-42-28/h13-14,16-17,19-20,22-23,27,31H,6-12,15,18,21H2,1-5H3,(H,36,40)/t22-,27-,31-/m0/s1. The van der Waals surface area contributed by atoms with Crippen LogP contribution in [0.4, 0.5) is 0 Å². The molecule has 3 amide bonds. The van der Waals surface area contributed by atoms with Gasteiger partial charge in [0, 0.05) is 38.0 Å². The molecule has 2 aromatic rings. The maximum atomic E-state index is 14.3. The molecule has 9 heteroatoms. The van der Waals surface area contributed by atoms with Crippen molar-refractivity contribution in [1.82, 2.24) is 20.1 Å². The number of benzene rings is 1. The monoisotopic (exact) mass is 590 g/mol. The van der Waals surface area contributed by atoms with Gasteiger partial charge in [-0.05, 0) is 73.3 Å². The highest BCUT2D eigenvalue weighted by Gasteiger charge is 2.40. The molecular formula is C34H46N4O5. The number of ether oxygens (including phenoxy) is 2. The molecule has 3 aliphatic rings. The van der Waals surface area contributed by atoms with Gasteiger partial charge in [0.05, 0.1) is 6.04 Å². The minimum absolute atomic E-state index is 0.0351. The molecule has 43 heavy (non-hydrogen) atoms. The van der Waals surface area contributed by atoms with Gasteiger partial charge >= 0.3 is 0 Å². The molecule has 232 valence electrons. The van der Waals surface area contributed by atoms with Crippen LogP contribution in [0.3, 0.4) is 0 Å². The molecule has 3 heterocycles. The normalized spacial score (nSPS) is 20.0. The fourth-order valence-electron chi connectivity index (χ4n) is 6.52. The molecule has 3 atom stereocenters. The fraction of sp³-hybridized carbons (Fsp3) is 0.588. The van der Waals surface area contributed by atoms with Gasteiger partial charge in [-0.15, -0.1) is 0 Å². The van der Waals surface area contributed by atoms with E-state index in [0.29, 0.717) is 18.7 Å². The van der Waals surface area contributed by atoms with E-state index in [4.69, 9.17) is 9.47 Å². The van der Waals surface area contributed by atoms with Gasteiger partial charge in [0.2, 0.25) is 24.5 Å². The second-order valence-electron chi connectivity index (χ2n) is 13.6. The number of hydrogen-bond donors (Lipinski definition) is 1. The van der Waals surface area contributed by atoms with Gasteiger partial charge in [0.15, 0.2) is 11.5 Å². The van der Waals surface area contributed by atoms with Gasteiger partial charge in [-0.3, -0.25) is 19.4 Å². The van der Waals surface area contributed by atoms with E-state index >= 15 is 0 Å². The lowest BCUT2D eigenvalue weighted by Crippen LogP contribution is -2.56. The number of nitrogens with one attached hydrogen (secondary N) is 1. The van der Waals surface area contributed by atoms with Crippen LogP contribution in [0.2, 0.25) is 0 Å². The number of likely N-dealkylation sites (N-methyl/N-ethyl adjacent to an activating group) is 1. The Balaban J connectivity index is 1.34. The molecule has 5 rings (SSSR count). The van der Waals surface area contributed by atoms with Crippen LogP contribution >= 0.6 is 0 Å². The number of hydrogen-bond acceptors (Lipinski definition) is 6. The summed E-state index contributed by atoms with van der Waals surface area (Å²) in [5, 5.41) is 3.13. The van der Waals surface area contributed by atoms with Crippen molar-refractivity contribution >= 4 is 17.7 Å². The fourth-order valence-corrected chi connectivity index (χ4v) is 6.52. The number of fused-ring (bicyclic) bond motifs is 1. The predicted octanol–water partition coefficient (Wildman–Crippen LogP) is 5.49. The largest absolute Gasteiger partial charge is 0.454 e. The Bertz CT molecular complexity index is 1330. The summed E-state index contributed by atoms with van der Waals surface area (Å²) in [7, 11) is 1.67. The van der Waals surface area contributed by atoms with E-state index in [0.717, 1.165) is 67.4 Å². The maximum Gasteiger partial charge on any atom is 0.245 e. The lowest BCUT2D eigenvalue weighted by atomic mass is 9.83. The molecule has 2 aliphatic heterocycles. The Kier molecular flexibility index (Phi) is 9.28. The van der Waals surface area contributed by atoms with Gasteiger partial charge in [-0.1, -0.05) is 46.1 Å². The number of nitrogens with zero attached hydrogens (tertiary/aromatic N) is 3. The van der Waals surface area contributed by atoms with E-state index in [9.17, 15) is 14.4 Å². The van der Waals surface area contributed by atoms with E-state index in [-0.39, 0.29) is 41.9 Å². The van der Waals surface area contributed by atoms with E-state index in [2.05, 4.69) is 16.4 Å². The first-order chi connectivity index (χ1) is 20.5. The number of carbonyl (C=O) groups is 3. The number of likely N-dealkylation sites (tertiary alicyclic amines) is 1. The predicted molar refractivity (Wildman–Crippen MR) is 164 cm³/mol. The van der Waals surface area contributed by atoms with Crippen LogP contribution < -0.4 is 14.8 Å². The summed E-state index contributed by atoms with van der Waals surface area (Å²) in [5.74, 6) is 1.13. The highest BCUT2D eigenvalue weighted by atomic mass is 16.7. The molecule has 1 aromatic heterocycles. The summed E-state index contributed by atoms with van der Waals surface area (Å²) in [6.07, 6.45) is 10.8. The summed E-state index contributed by atoms with van der Waals surface area (Å²) in [6, 6.07) is 6.54. The van der Waals surface area contributed by atoms with E-state index in [1.165, 1.54) is 4.90 Å². The van der Waals surface area contributed by atoms with Crippen molar-refractivity contribution in [3.05, 3.63) is 42.2 Å². The molecule has 9 nitrogen and oxygen atoms in total. The topological polar surface area (TPSA) is 101 Å². The third-order valence-electron chi connectivity index (χ3n) is 9.11. The zero-order valence-electron chi connectivity index (χ0n) is 26.2. The highest BCUT2D eigenvalue weighted by molar-refractivity contribution is 5.92. The lowest BCUT2D eigenvalue weighted by Gasteiger charge is -2.36. The third-order valence-corrected chi connectivity index (χ3v) is 9.11. The Labute approximate surface area is 255 Å². The van der Waals surface area contributed by atoms with Crippen LogP contribution in [0, 0.1) is 11.3 Å². The number of pyridine rings is 1. The summed E-state index contributed by atoms with van der Waals surface area (Å²) in [4.78, 5) is 48.8. The van der Waals surface area contributed by atoms with Crippen LogP contribution in [-0.4, -0.2) is 65.0 Å². The third kappa shape index (κ3) is 7.13. The first kappa shape index (κ1) is 30.8. The molecule has 2 fully saturated rings. The quantitative estimate of drug-likeness (QED) is 0.437. The zero-order valence-corrected chi connectivity index (χ0v) is 26.2. The van der Waals surface area contributed by atoms with Gasteiger partial charge in [0.1, 0.15) is 12.1 Å². The Morgan fingerprint density at radius 1 is 1.00 bits per heavy atom. The van der Waals surface area contributed by atoms with Crippen molar-refractivity contribution in [2.45, 2.75) is 97.2 Å². The van der Waals surface area contributed by atoms with Crippen molar-refractivity contribution in [2.24, 2.45) is 11.3 Å². The number of aromatic nitrogens is 1. The van der Waals surface area contributed by atoms with Crippen LogP contribution in [0.15, 0.2) is 36.7 Å². The Morgan fingerprint density at radius 3 is 2.49 bits per heavy atom. The molecule has 0 spiro atoms. The number of amides is 3. The average molecular weight is 591 g/mol. The molecule has 1 N–H and O–H groups in total. The van der Waals surface area contributed by atoms with Crippen molar-refractivity contribution in [2.75, 3.05) is 20.4 Å². The SMILES string of the molecule is C[C@@H](C(=O)N[C@H](C(=O)N1CCC[C@H]1c1cncc(-c2ccc3c(c2)OCO3)c1)C1CCCCC1)N(C)C(=O)CC(C)(C)C. The smallest absolute Gasteiger partial charge is 0.245 e. The van der Waals surface area contributed by atoms with Crippen molar-refractivity contribution in [1.29, 1.82) is 0 Å². The molecule has 1 aromatic carbocycles. The summed E-state index contributed by atoms with van der Waals surface area (Å²) in [5.41, 5.74) is 2.72. The zero-order chi connectivity index (χ0) is 30.7. The molecule has 0 bridgehead atoms. The first-order valence-corrected chi connectivity index (χ1v) is 15.7. The summed E-state index contributed by atoms with van der Waals surface area (Å²) >= 11 is 0. The van der Waals surface area contributed by atoms with Crippen molar-refractivity contribution in [3.8, 4) is 22.6 Å². The molecule has 1 saturated carbocycles. The number of rotatable bonds is 8. The lowest BCUT2D eigenvalue weighted by molar-refractivity contribution is -0.143. The summed E-state index contributed by atoms with van der Waals surface area (Å²) < 4.78 is 11.0. The average Bonchev–Trinajstić information content (AvgIpc) is 3.68.